The molecule has 1 saturated carbocycles. The van der Waals surface area contributed by atoms with Gasteiger partial charge in [-0.05, 0) is 25.0 Å². The number of rotatable bonds is 7. The molecule has 0 N–H and O–H groups in total. The number of sulfonamides is 1. The van der Waals surface area contributed by atoms with Crippen LogP contribution in [-0.4, -0.2) is 36.6 Å². The van der Waals surface area contributed by atoms with Crippen molar-refractivity contribution in [3.8, 4) is 6.07 Å². The van der Waals surface area contributed by atoms with Crippen molar-refractivity contribution in [2.75, 3.05) is 13.1 Å². The van der Waals surface area contributed by atoms with Gasteiger partial charge < -0.3 is 0 Å². The van der Waals surface area contributed by atoms with Gasteiger partial charge in [-0.15, -0.1) is 0 Å². The summed E-state index contributed by atoms with van der Waals surface area (Å²) in [6, 6.07) is 4.94. The zero-order chi connectivity index (χ0) is 17.7. The second-order valence-electron chi connectivity index (χ2n) is 5.95. The van der Waals surface area contributed by atoms with Crippen LogP contribution in [-0.2, 0) is 14.8 Å². The highest BCUT2D eigenvalue weighted by Crippen LogP contribution is 2.30. The highest BCUT2D eigenvalue weighted by atomic mass is 32.2. The maximum Gasteiger partial charge on any atom is 0.244 e. The Hall–Kier alpha value is -1.78. The molecular weight excluding hydrogens is 326 g/mol. The van der Waals surface area contributed by atoms with Crippen LogP contribution in [0.4, 0.5) is 0 Å². The van der Waals surface area contributed by atoms with Crippen LogP contribution in [0, 0.1) is 17.2 Å². The molecule has 0 amide bonds. The van der Waals surface area contributed by atoms with E-state index in [9.17, 15) is 18.5 Å². The highest BCUT2D eigenvalue weighted by molar-refractivity contribution is 7.89. The van der Waals surface area contributed by atoms with Crippen LogP contribution < -0.4 is 0 Å². The van der Waals surface area contributed by atoms with Crippen molar-refractivity contribution in [1.82, 2.24) is 9.29 Å². The number of aromatic nitrogens is 1. The molecule has 0 bridgehead atoms. The standard InChI is InChI=1S/C17H23N3O3S/c1-3-20(4-2)24(22,23)14-9-10-16(19-12-14)15(11-18)17(21)13-7-5-6-8-13/h9-10,12-13,15H,3-8H2,1-2H3/t15-/m0/s1. The molecule has 0 aliphatic heterocycles. The second kappa shape index (κ2) is 7.86. The summed E-state index contributed by atoms with van der Waals surface area (Å²) in [4.78, 5) is 16.7. The highest BCUT2D eigenvalue weighted by Gasteiger charge is 2.31. The Morgan fingerprint density at radius 2 is 1.96 bits per heavy atom. The van der Waals surface area contributed by atoms with E-state index in [2.05, 4.69) is 4.98 Å². The molecule has 0 spiro atoms. The number of Topliss-reactive ketones (excluding diaryl/α,β-unsaturated/α-hetero) is 1. The van der Waals surface area contributed by atoms with Crippen LogP contribution in [0.1, 0.15) is 51.1 Å². The van der Waals surface area contributed by atoms with Crippen LogP contribution in [0.3, 0.4) is 0 Å². The second-order valence-corrected chi connectivity index (χ2v) is 7.89. The Kier molecular flexibility index (Phi) is 6.08. The molecule has 130 valence electrons. The average molecular weight is 349 g/mol. The molecule has 1 aliphatic carbocycles. The molecule has 1 aromatic heterocycles. The third-order valence-electron chi connectivity index (χ3n) is 4.57. The summed E-state index contributed by atoms with van der Waals surface area (Å²) in [6.45, 7) is 4.30. The number of ketones is 1. The first kappa shape index (κ1) is 18.6. The first-order valence-corrected chi connectivity index (χ1v) is 9.79. The Balaban J connectivity index is 2.24. The van der Waals surface area contributed by atoms with Crippen LogP contribution in [0.5, 0.6) is 0 Å². The number of carbonyl (C=O) groups is 1. The van der Waals surface area contributed by atoms with Crippen LogP contribution in [0.15, 0.2) is 23.2 Å². The van der Waals surface area contributed by atoms with Crippen molar-refractivity contribution in [2.45, 2.75) is 50.3 Å². The Labute approximate surface area is 143 Å². The molecule has 1 aromatic rings. The van der Waals surface area contributed by atoms with Gasteiger partial charge in [0.15, 0.2) is 5.78 Å². The predicted molar refractivity (Wildman–Crippen MR) is 89.7 cm³/mol. The van der Waals surface area contributed by atoms with E-state index < -0.39 is 15.9 Å². The summed E-state index contributed by atoms with van der Waals surface area (Å²) >= 11 is 0. The quantitative estimate of drug-likeness (QED) is 0.754. The maximum absolute atomic E-state index is 12.5. The molecule has 2 rings (SSSR count). The Morgan fingerprint density at radius 3 is 2.42 bits per heavy atom. The molecule has 1 atom stereocenters. The van der Waals surface area contributed by atoms with E-state index >= 15 is 0 Å². The zero-order valence-electron chi connectivity index (χ0n) is 14.1. The lowest BCUT2D eigenvalue weighted by atomic mass is 9.90. The zero-order valence-corrected chi connectivity index (χ0v) is 14.9. The number of nitriles is 1. The van der Waals surface area contributed by atoms with Gasteiger partial charge >= 0.3 is 0 Å². The summed E-state index contributed by atoms with van der Waals surface area (Å²) in [5.41, 5.74) is 0.327. The monoisotopic (exact) mass is 349 g/mol. The van der Waals surface area contributed by atoms with Gasteiger partial charge in [-0.1, -0.05) is 26.7 Å². The van der Waals surface area contributed by atoms with Gasteiger partial charge in [-0.25, -0.2) is 8.42 Å². The van der Waals surface area contributed by atoms with Crippen molar-refractivity contribution < 1.29 is 13.2 Å². The summed E-state index contributed by atoms with van der Waals surface area (Å²) in [5, 5.41) is 9.37. The molecule has 1 heterocycles. The van der Waals surface area contributed by atoms with Gasteiger partial charge in [-0.3, -0.25) is 9.78 Å². The SMILES string of the molecule is CCN(CC)S(=O)(=O)c1ccc([C@H](C#N)C(=O)C2CCCC2)nc1. The minimum absolute atomic E-state index is 0.0736. The molecule has 0 aromatic carbocycles. The lowest BCUT2D eigenvalue weighted by Crippen LogP contribution is -2.30. The van der Waals surface area contributed by atoms with E-state index in [-0.39, 0.29) is 16.6 Å². The normalized spacial score (nSPS) is 16.9. The van der Waals surface area contributed by atoms with Gasteiger partial charge in [0, 0.05) is 25.2 Å². The lowest BCUT2D eigenvalue weighted by molar-refractivity contribution is -0.123. The number of hydrogen-bond acceptors (Lipinski definition) is 5. The minimum Gasteiger partial charge on any atom is -0.297 e. The van der Waals surface area contributed by atoms with E-state index in [4.69, 9.17) is 0 Å². The minimum atomic E-state index is -3.58. The molecule has 0 unspecified atom stereocenters. The van der Waals surface area contributed by atoms with Crippen LogP contribution in [0.25, 0.3) is 0 Å². The van der Waals surface area contributed by atoms with E-state index in [0.29, 0.717) is 18.8 Å². The molecule has 0 saturated heterocycles. The predicted octanol–water partition coefficient (Wildman–Crippen LogP) is 2.48. The summed E-state index contributed by atoms with van der Waals surface area (Å²) in [7, 11) is -3.58. The molecule has 0 radical (unpaired) electrons. The topological polar surface area (TPSA) is 91.1 Å². The van der Waals surface area contributed by atoms with Gasteiger partial charge in [0.05, 0.1) is 11.8 Å². The number of carbonyl (C=O) groups excluding carboxylic acids is 1. The Bertz CT molecular complexity index is 712. The largest absolute Gasteiger partial charge is 0.297 e. The fraction of sp³-hybridized carbons (Fsp3) is 0.588. The average Bonchev–Trinajstić information content (AvgIpc) is 3.11. The van der Waals surface area contributed by atoms with Crippen molar-refractivity contribution in [1.29, 1.82) is 5.26 Å². The maximum atomic E-state index is 12.5. The molecule has 1 aliphatic rings. The summed E-state index contributed by atoms with van der Waals surface area (Å²) in [6.07, 6.45) is 4.93. The van der Waals surface area contributed by atoms with Crippen LogP contribution >= 0.6 is 0 Å². The Morgan fingerprint density at radius 1 is 1.33 bits per heavy atom. The van der Waals surface area contributed by atoms with Gasteiger partial charge in [-0.2, -0.15) is 9.57 Å². The number of pyridine rings is 1. The number of nitrogens with zero attached hydrogens (tertiary/aromatic N) is 3. The van der Waals surface area contributed by atoms with Crippen LogP contribution in [0.2, 0.25) is 0 Å². The van der Waals surface area contributed by atoms with E-state index in [1.807, 2.05) is 6.07 Å². The molecular formula is C17H23N3O3S. The molecule has 7 heteroatoms. The van der Waals surface area contributed by atoms with Gasteiger partial charge in [0.25, 0.3) is 0 Å². The van der Waals surface area contributed by atoms with Gasteiger partial charge in [0.1, 0.15) is 10.8 Å². The number of hydrogen-bond donors (Lipinski definition) is 0. The molecule has 24 heavy (non-hydrogen) atoms. The summed E-state index contributed by atoms with van der Waals surface area (Å²) < 4.78 is 26.2. The van der Waals surface area contributed by atoms with Crippen molar-refractivity contribution in [3.05, 3.63) is 24.0 Å². The third kappa shape index (κ3) is 3.65. The third-order valence-corrected chi connectivity index (χ3v) is 6.60. The first-order valence-electron chi connectivity index (χ1n) is 8.35. The molecule has 1 fully saturated rings. The van der Waals surface area contributed by atoms with Crippen molar-refractivity contribution in [3.63, 3.8) is 0 Å². The van der Waals surface area contributed by atoms with E-state index in [1.165, 1.54) is 22.6 Å². The fourth-order valence-corrected chi connectivity index (χ4v) is 4.55. The van der Waals surface area contributed by atoms with Gasteiger partial charge in [0.2, 0.25) is 10.0 Å². The summed E-state index contributed by atoms with van der Waals surface area (Å²) in [5.74, 6) is -1.09. The smallest absolute Gasteiger partial charge is 0.244 e. The lowest BCUT2D eigenvalue weighted by Gasteiger charge is -2.18. The first-order chi connectivity index (χ1) is 11.5. The fourth-order valence-electron chi connectivity index (χ4n) is 3.15. The van der Waals surface area contributed by atoms with E-state index in [0.717, 1.165) is 25.7 Å². The van der Waals surface area contributed by atoms with E-state index in [1.54, 1.807) is 13.8 Å². The van der Waals surface area contributed by atoms with Crippen molar-refractivity contribution in [2.24, 2.45) is 5.92 Å². The molecule has 6 nitrogen and oxygen atoms in total. The van der Waals surface area contributed by atoms with Crippen molar-refractivity contribution >= 4 is 15.8 Å².